The minimum Gasteiger partial charge on any atom is -0.376 e. The number of hydrogen-bond donors (Lipinski definition) is 2. The molecule has 1 heterocycles. The maximum absolute atomic E-state index is 12.7. The van der Waals surface area contributed by atoms with Crippen LogP contribution in [0.3, 0.4) is 0 Å². The zero-order valence-electron chi connectivity index (χ0n) is 15.7. The van der Waals surface area contributed by atoms with E-state index in [1.165, 1.54) is 0 Å². The van der Waals surface area contributed by atoms with Crippen LogP contribution in [0.2, 0.25) is 0 Å². The Bertz CT molecular complexity index is 1170. The average molecular weight is 418 g/mol. The predicted octanol–water partition coefficient (Wildman–Crippen LogP) is 3.95. The summed E-state index contributed by atoms with van der Waals surface area (Å²) in [6.07, 6.45) is 1.60. The van der Waals surface area contributed by atoms with Crippen LogP contribution < -0.4 is 10.6 Å². The number of allylic oxidation sites excluding steroid dienone is 2. The Hall–Kier alpha value is -3.77. The van der Waals surface area contributed by atoms with Crippen LogP contribution in [-0.4, -0.2) is 22.5 Å². The fourth-order valence-corrected chi connectivity index (χ4v) is 3.35. The molecule has 0 bridgehead atoms. The normalized spacial score (nSPS) is 13.1. The van der Waals surface area contributed by atoms with Crippen molar-refractivity contribution >= 4 is 34.9 Å². The summed E-state index contributed by atoms with van der Waals surface area (Å²) in [5.41, 5.74) is 2.01. The molecule has 0 unspecified atom stereocenters. The molecule has 148 valence electrons. The molecular weight excluding hydrogens is 402 g/mol. The lowest BCUT2D eigenvalue weighted by atomic mass is 9.92. The fraction of sp³-hybridized carbons (Fsp3) is 0.0435. The van der Waals surface area contributed by atoms with Gasteiger partial charge in [0.1, 0.15) is 16.5 Å². The van der Waals surface area contributed by atoms with Gasteiger partial charge in [0.2, 0.25) is 11.6 Å². The Morgan fingerprint density at radius 2 is 1.53 bits per heavy atom. The highest BCUT2D eigenvalue weighted by Gasteiger charge is 2.30. The zero-order chi connectivity index (χ0) is 21.1. The molecule has 1 aliphatic rings. The molecule has 2 aromatic carbocycles. The quantitative estimate of drug-likeness (QED) is 0.656. The molecule has 6 nitrogen and oxygen atoms in total. The number of benzene rings is 2. The molecular formula is C23H16ClN3O3. The van der Waals surface area contributed by atoms with Gasteiger partial charge in [-0.2, -0.15) is 0 Å². The summed E-state index contributed by atoms with van der Waals surface area (Å²) in [6.45, 7) is 0.273. The molecule has 0 aliphatic heterocycles. The Morgan fingerprint density at radius 3 is 2.20 bits per heavy atom. The van der Waals surface area contributed by atoms with Gasteiger partial charge in [0.25, 0.3) is 5.91 Å². The van der Waals surface area contributed by atoms with E-state index >= 15 is 0 Å². The van der Waals surface area contributed by atoms with Gasteiger partial charge in [-0.3, -0.25) is 14.4 Å². The molecule has 0 saturated carbocycles. The van der Waals surface area contributed by atoms with Crippen LogP contribution in [0.25, 0.3) is 0 Å². The maximum atomic E-state index is 12.7. The van der Waals surface area contributed by atoms with Crippen molar-refractivity contribution in [1.29, 1.82) is 0 Å². The summed E-state index contributed by atoms with van der Waals surface area (Å²) < 4.78 is 0. The largest absolute Gasteiger partial charge is 0.376 e. The van der Waals surface area contributed by atoms with Crippen molar-refractivity contribution in [2.45, 2.75) is 6.54 Å². The monoisotopic (exact) mass is 417 g/mol. The summed E-state index contributed by atoms with van der Waals surface area (Å²) in [6, 6.07) is 18.7. The average Bonchev–Trinajstić information content (AvgIpc) is 2.78. The van der Waals surface area contributed by atoms with Gasteiger partial charge in [-0.05, 0) is 29.8 Å². The minimum absolute atomic E-state index is 0.0809. The molecule has 0 fully saturated rings. The van der Waals surface area contributed by atoms with E-state index in [9.17, 15) is 14.4 Å². The number of ketones is 2. The number of nitrogens with one attached hydrogen (secondary N) is 2. The number of rotatable bonds is 5. The van der Waals surface area contributed by atoms with Crippen LogP contribution in [0, 0.1) is 0 Å². The highest BCUT2D eigenvalue weighted by Crippen LogP contribution is 2.27. The first-order valence-corrected chi connectivity index (χ1v) is 9.56. The predicted molar refractivity (Wildman–Crippen MR) is 113 cm³/mol. The third-order valence-electron chi connectivity index (χ3n) is 4.65. The second-order valence-corrected chi connectivity index (χ2v) is 6.99. The van der Waals surface area contributed by atoms with E-state index in [2.05, 4.69) is 15.6 Å². The van der Waals surface area contributed by atoms with Gasteiger partial charge in [-0.15, -0.1) is 0 Å². The molecule has 0 spiro atoms. The van der Waals surface area contributed by atoms with Gasteiger partial charge >= 0.3 is 0 Å². The minimum atomic E-state index is -0.379. The van der Waals surface area contributed by atoms with Gasteiger partial charge in [-0.25, -0.2) is 4.98 Å². The molecule has 4 rings (SSSR count). The second-order valence-electron chi connectivity index (χ2n) is 6.61. The summed E-state index contributed by atoms with van der Waals surface area (Å²) in [5, 5.41) is 5.56. The van der Waals surface area contributed by atoms with Gasteiger partial charge in [0.05, 0.1) is 0 Å². The van der Waals surface area contributed by atoms with Crippen molar-refractivity contribution in [3.8, 4) is 0 Å². The maximum Gasteiger partial charge on any atom is 0.256 e. The number of pyridine rings is 1. The van der Waals surface area contributed by atoms with Crippen LogP contribution in [0.4, 0.5) is 5.82 Å². The van der Waals surface area contributed by atoms with Crippen molar-refractivity contribution in [2.75, 3.05) is 5.32 Å². The highest BCUT2D eigenvalue weighted by atomic mass is 35.5. The van der Waals surface area contributed by atoms with Gasteiger partial charge < -0.3 is 10.6 Å². The topological polar surface area (TPSA) is 88.2 Å². The van der Waals surface area contributed by atoms with Crippen LogP contribution in [0.15, 0.2) is 83.7 Å². The van der Waals surface area contributed by atoms with Gasteiger partial charge in [0, 0.05) is 29.4 Å². The first-order valence-electron chi connectivity index (χ1n) is 9.18. The van der Waals surface area contributed by atoms with Crippen LogP contribution in [-0.2, 0) is 6.54 Å². The molecule has 7 heteroatoms. The molecule has 2 N–H and O–H groups in total. The molecule has 1 amide bonds. The van der Waals surface area contributed by atoms with Crippen molar-refractivity contribution < 1.29 is 14.4 Å². The molecule has 3 aromatic rings. The number of anilines is 1. The number of nitrogens with zero attached hydrogens (tertiary/aromatic N) is 1. The van der Waals surface area contributed by atoms with Gasteiger partial charge in [-0.1, -0.05) is 54.1 Å². The summed E-state index contributed by atoms with van der Waals surface area (Å²) in [5.74, 6) is -0.503. The first-order chi connectivity index (χ1) is 14.5. The van der Waals surface area contributed by atoms with Crippen LogP contribution in [0.5, 0.6) is 0 Å². The molecule has 0 saturated heterocycles. The third-order valence-corrected chi connectivity index (χ3v) is 5.01. The highest BCUT2D eigenvalue weighted by molar-refractivity contribution is 6.49. The molecule has 30 heavy (non-hydrogen) atoms. The first kappa shape index (κ1) is 19.5. The summed E-state index contributed by atoms with van der Waals surface area (Å²) in [4.78, 5) is 41.5. The van der Waals surface area contributed by atoms with E-state index in [0.717, 1.165) is 5.56 Å². The van der Waals surface area contributed by atoms with E-state index in [4.69, 9.17) is 11.6 Å². The number of halogens is 1. The molecule has 0 radical (unpaired) electrons. The number of amides is 1. The SMILES string of the molecule is O=C(Nc1ccccn1)c1ccc(CNC2=C(Cl)C(=O)c3ccccc3C2=O)cc1. The summed E-state index contributed by atoms with van der Waals surface area (Å²) in [7, 11) is 0. The Kier molecular flexibility index (Phi) is 5.41. The number of aromatic nitrogens is 1. The number of Topliss-reactive ketones (excluding diaryl/α,β-unsaturated/α-hetero) is 2. The van der Waals surface area contributed by atoms with E-state index in [1.807, 2.05) is 0 Å². The molecule has 1 aromatic heterocycles. The Labute approximate surface area is 177 Å². The van der Waals surface area contributed by atoms with E-state index in [1.54, 1.807) is 72.9 Å². The lowest BCUT2D eigenvalue weighted by Gasteiger charge is -2.19. The smallest absolute Gasteiger partial charge is 0.256 e. The number of carbonyl (C=O) groups excluding carboxylic acids is 3. The lowest BCUT2D eigenvalue weighted by molar-refractivity contribution is 0.0974. The Morgan fingerprint density at radius 1 is 0.867 bits per heavy atom. The number of carbonyl (C=O) groups is 3. The van der Waals surface area contributed by atoms with E-state index in [-0.39, 0.29) is 34.7 Å². The number of hydrogen-bond acceptors (Lipinski definition) is 5. The van der Waals surface area contributed by atoms with Crippen molar-refractivity contribution in [1.82, 2.24) is 10.3 Å². The van der Waals surface area contributed by atoms with Crippen LogP contribution in [0.1, 0.15) is 36.6 Å². The van der Waals surface area contributed by atoms with Crippen molar-refractivity contribution in [3.05, 3.63) is 106 Å². The van der Waals surface area contributed by atoms with E-state index < -0.39 is 0 Å². The summed E-state index contributed by atoms with van der Waals surface area (Å²) >= 11 is 6.15. The standard InChI is InChI=1S/C23H16ClN3O3/c24-19-20(22(29)17-6-2-1-5-16(17)21(19)28)26-13-14-8-10-15(11-9-14)23(30)27-18-7-3-4-12-25-18/h1-12,26H,13H2,(H,25,27,30). The lowest BCUT2D eigenvalue weighted by Crippen LogP contribution is -2.28. The molecule has 1 aliphatic carbocycles. The fourth-order valence-electron chi connectivity index (χ4n) is 3.09. The van der Waals surface area contributed by atoms with E-state index in [0.29, 0.717) is 22.5 Å². The zero-order valence-corrected chi connectivity index (χ0v) is 16.4. The Balaban J connectivity index is 1.44. The van der Waals surface area contributed by atoms with Crippen molar-refractivity contribution in [2.24, 2.45) is 0 Å². The molecule has 0 atom stereocenters. The van der Waals surface area contributed by atoms with Crippen molar-refractivity contribution in [3.63, 3.8) is 0 Å². The second kappa shape index (κ2) is 8.31. The van der Waals surface area contributed by atoms with Gasteiger partial charge in [0.15, 0.2) is 0 Å². The van der Waals surface area contributed by atoms with Crippen LogP contribution >= 0.6 is 11.6 Å². The number of fused-ring (bicyclic) bond motifs is 1. The third kappa shape index (κ3) is 3.86.